The number of phenols is 1. The van der Waals surface area contributed by atoms with Gasteiger partial charge in [-0.05, 0) is 72.8 Å². The van der Waals surface area contributed by atoms with Crippen molar-refractivity contribution in [1.29, 1.82) is 0 Å². The molecule has 26 heavy (non-hydrogen) atoms. The van der Waals surface area contributed by atoms with Gasteiger partial charge in [0.2, 0.25) is 0 Å². The molecule has 0 unspecified atom stereocenters. The average molecular weight is 361 g/mol. The van der Waals surface area contributed by atoms with Gasteiger partial charge < -0.3 is 5.11 Å². The van der Waals surface area contributed by atoms with Crippen LogP contribution >= 0.6 is 0 Å². The zero-order chi connectivity index (χ0) is 19.4. The highest BCUT2D eigenvalue weighted by molar-refractivity contribution is 5.56. The van der Waals surface area contributed by atoms with Crippen LogP contribution in [0.3, 0.4) is 0 Å². The van der Waals surface area contributed by atoms with Crippen molar-refractivity contribution >= 4 is 0 Å². The molecule has 1 aromatic carbocycles. The maximum atomic E-state index is 11.2. The molecule has 0 spiro atoms. The Morgan fingerprint density at radius 2 is 0.962 bits per heavy atom. The number of rotatable bonds is 14. The number of unbranched alkanes of at least 4 members (excludes halogenated alkanes) is 5. The van der Waals surface area contributed by atoms with E-state index < -0.39 is 0 Å². The first-order valence-electron chi connectivity index (χ1n) is 11.5. The van der Waals surface area contributed by atoms with Crippen molar-refractivity contribution < 1.29 is 5.11 Å². The third kappa shape index (κ3) is 6.32. The van der Waals surface area contributed by atoms with Gasteiger partial charge in [0.05, 0.1) is 0 Å². The molecule has 0 fully saturated rings. The SMILES string of the molecule is CCCCCCCc1c(O)c(CCC)c(CCC)c(CC)c1CCCC. The number of phenolic OH excluding ortho intramolecular Hbond substituents is 1. The van der Waals surface area contributed by atoms with Crippen molar-refractivity contribution in [2.45, 2.75) is 125 Å². The fraction of sp³-hybridized carbons (Fsp3) is 0.760. The second kappa shape index (κ2) is 13.2. The lowest BCUT2D eigenvalue weighted by Gasteiger charge is -2.24. The maximum absolute atomic E-state index is 11.2. The topological polar surface area (TPSA) is 20.2 Å². The summed E-state index contributed by atoms with van der Waals surface area (Å²) in [5.74, 6) is 0.661. The summed E-state index contributed by atoms with van der Waals surface area (Å²) in [6.45, 7) is 11.3. The lowest BCUT2D eigenvalue weighted by atomic mass is 9.82. The monoisotopic (exact) mass is 360 g/mol. The van der Waals surface area contributed by atoms with Gasteiger partial charge in [-0.1, -0.05) is 79.6 Å². The molecule has 0 aliphatic rings. The van der Waals surface area contributed by atoms with Crippen molar-refractivity contribution in [3.05, 3.63) is 27.8 Å². The van der Waals surface area contributed by atoms with Crippen LogP contribution in [0.1, 0.15) is 120 Å². The van der Waals surface area contributed by atoms with Crippen molar-refractivity contribution in [2.24, 2.45) is 0 Å². The lowest BCUT2D eigenvalue weighted by molar-refractivity contribution is 0.454. The zero-order valence-electron chi connectivity index (χ0n) is 18.3. The van der Waals surface area contributed by atoms with Crippen LogP contribution in [0.2, 0.25) is 0 Å². The first-order valence-corrected chi connectivity index (χ1v) is 11.5. The van der Waals surface area contributed by atoms with E-state index in [9.17, 15) is 5.11 Å². The summed E-state index contributed by atoms with van der Waals surface area (Å²) >= 11 is 0. The Balaban J connectivity index is 3.29. The molecule has 0 saturated heterocycles. The molecule has 1 rings (SSSR count). The van der Waals surface area contributed by atoms with Gasteiger partial charge in [-0.2, -0.15) is 0 Å². The Hall–Kier alpha value is -0.980. The van der Waals surface area contributed by atoms with Crippen LogP contribution in [0.15, 0.2) is 0 Å². The van der Waals surface area contributed by atoms with Crippen LogP contribution in [0.5, 0.6) is 5.75 Å². The standard InChI is InChI=1S/C25H44O/c1-6-11-13-14-15-19-24-22(18-12-7-2)20(10-5)21(16-8-3)23(17-9-4)25(24)26/h26H,6-19H2,1-5H3. The molecule has 0 radical (unpaired) electrons. The summed E-state index contributed by atoms with van der Waals surface area (Å²) in [5, 5.41) is 11.2. The van der Waals surface area contributed by atoms with E-state index in [0.29, 0.717) is 5.75 Å². The molecule has 1 heteroatoms. The highest BCUT2D eigenvalue weighted by Crippen LogP contribution is 2.37. The third-order valence-corrected chi connectivity index (χ3v) is 5.69. The van der Waals surface area contributed by atoms with Gasteiger partial charge in [-0.15, -0.1) is 0 Å². The summed E-state index contributed by atoms with van der Waals surface area (Å²) in [5.41, 5.74) is 7.14. The summed E-state index contributed by atoms with van der Waals surface area (Å²) in [6.07, 6.45) is 16.6. The smallest absolute Gasteiger partial charge is 0.122 e. The number of aromatic hydroxyl groups is 1. The van der Waals surface area contributed by atoms with Crippen molar-refractivity contribution in [2.75, 3.05) is 0 Å². The fourth-order valence-electron chi connectivity index (χ4n) is 4.34. The normalized spacial score (nSPS) is 11.3. The van der Waals surface area contributed by atoms with E-state index in [2.05, 4.69) is 34.6 Å². The van der Waals surface area contributed by atoms with Crippen molar-refractivity contribution in [3.63, 3.8) is 0 Å². The highest BCUT2D eigenvalue weighted by atomic mass is 16.3. The van der Waals surface area contributed by atoms with Gasteiger partial charge in [0.1, 0.15) is 5.75 Å². The molecular weight excluding hydrogens is 316 g/mol. The van der Waals surface area contributed by atoms with E-state index >= 15 is 0 Å². The minimum atomic E-state index is 0.661. The van der Waals surface area contributed by atoms with Crippen LogP contribution in [0.25, 0.3) is 0 Å². The average Bonchev–Trinajstić information content (AvgIpc) is 2.64. The third-order valence-electron chi connectivity index (χ3n) is 5.69. The molecule has 0 bridgehead atoms. The van der Waals surface area contributed by atoms with Crippen LogP contribution in [0, 0.1) is 0 Å². The van der Waals surface area contributed by atoms with Gasteiger partial charge in [0.15, 0.2) is 0 Å². The summed E-state index contributed by atoms with van der Waals surface area (Å²) in [4.78, 5) is 0. The van der Waals surface area contributed by atoms with Crippen molar-refractivity contribution in [1.82, 2.24) is 0 Å². The number of hydrogen-bond acceptors (Lipinski definition) is 1. The molecule has 0 heterocycles. The molecule has 0 aromatic heterocycles. The van der Waals surface area contributed by atoms with E-state index in [1.165, 1.54) is 67.2 Å². The molecule has 150 valence electrons. The minimum absolute atomic E-state index is 0.661. The first-order chi connectivity index (χ1) is 12.7. The van der Waals surface area contributed by atoms with Crippen molar-refractivity contribution in [3.8, 4) is 5.75 Å². The van der Waals surface area contributed by atoms with Crippen LogP contribution in [-0.2, 0) is 32.1 Å². The number of benzene rings is 1. The minimum Gasteiger partial charge on any atom is -0.507 e. The molecule has 1 nitrogen and oxygen atoms in total. The second-order valence-corrected chi connectivity index (χ2v) is 7.86. The van der Waals surface area contributed by atoms with Gasteiger partial charge >= 0.3 is 0 Å². The van der Waals surface area contributed by atoms with Crippen LogP contribution in [0.4, 0.5) is 0 Å². The van der Waals surface area contributed by atoms with Gasteiger partial charge in [-0.3, -0.25) is 0 Å². The maximum Gasteiger partial charge on any atom is 0.122 e. The Bertz CT molecular complexity index is 516. The molecule has 1 N–H and O–H groups in total. The van der Waals surface area contributed by atoms with E-state index in [0.717, 1.165) is 44.9 Å². The molecule has 0 aliphatic heterocycles. The summed E-state index contributed by atoms with van der Waals surface area (Å²) in [7, 11) is 0. The van der Waals surface area contributed by atoms with E-state index in [1.807, 2.05) is 0 Å². The Kier molecular flexibility index (Phi) is 11.7. The molecule has 0 aliphatic carbocycles. The van der Waals surface area contributed by atoms with Gasteiger partial charge in [-0.25, -0.2) is 0 Å². The highest BCUT2D eigenvalue weighted by Gasteiger charge is 2.21. The second-order valence-electron chi connectivity index (χ2n) is 7.86. The van der Waals surface area contributed by atoms with Gasteiger partial charge in [0.25, 0.3) is 0 Å². The zero-order valence-corrected chi connectivity index (χ0v) is 18.3. The van der Waals surface area contributed by atoms with Gasteiger partial charge in [0, 0.05) is 0 Å². The predicted molar refractivity (Wildman–Crippen MR) is 117 cm³/mol. The Morgan fingerprint density at radius 3 is 1.54 bits per heavy atom. The van der Waals surface area contributed by atoms with Crippen LogP contribution in [-0.4, -0.2) is 5.11 Å². The summed E-state index contributed by atoms with van der Waals surface area (Å²) in [6, 6.07) is 0. The van der Waals surface area contributed by atoms with E-state index in [-0.39, 0.29) is 0 Å². The quantitative estimate of drug-likeness (QED) is 0.337. The van der Waals surface area contributed by atoms with Crippen LogP contribution < -0.4 is 0 Å². The molecule has 1 aromatic rings. The van der Waals surface area contributed by atoms with E-state index in [4.69, 9.17) is 0 Å². The fourth-order valence-corrected chi connectivity index (χ4v) is 4.34. The number of hydrogen-bond donors (Lipinski definition) is 1. The van der Waals surface area contributed by atoms with E-state index in [1.54, 1.807) is 5.56 Å². The molecule has 0 amide bonds. The summed E-state index contributed by atoms with van der Waals surface area (Å²) < 4.78 is 0. The Morgan fingerprint density at radius 1 is 0.462 bits per heavy atom. The first kappa shape index (κ1) is 23.1. The lowest BCUT2D eigenvalue weighted by Crippen LogP contribution is -2.10. The Labute approximate surface area is 163 Å². The predicted octanol–water partition coefficient (Wildman–Crippen LogP) is 7.72. The largest absolute Gasteiger partial charge is 0.507 e. The molecule has 0 atom stereocenters. The molecule has 0 saturated carbocycles. The molecular formula is C25H44O.